The smallest absolute Gasteiger partial charge is 0.243 e. The fourth-order valence-corrected chi connectivity index (χ4v) is 5.32. The second-order valence-corrected chi connectivity index (χ2v) is 12.0. The van der Waals surface area contributed by atoms with E-state index in [4.69, 9.17) is 0 Å². The number of hydrogen-bond acceptors (Lipinski definition) is 4. The van der Waals surface area contributed by atoms with Gasteiger partial charge in [0.25, 0.3) is 0 Å². The van der Waals surface area contributed by atoms with Crippen molar-refractivity contribution in [2.75, 3.05) is 17.1 Å². The summed E-state index contributed by atoms with van der Waals surface area (Å²) in [6.07, 6.45) is 1.05. The molecule has 0 aromatic heterocycles. The summed E-state index contributed by atoms with van der Waals surface area (Å²) in [7, 11) is -3.88. The molecular weight excluding hydrogens is 555 g/mol. The zero-order chi connectivity index (χ0) is 30.2. The Hall–Kier alpha value is -3.86. The van der Waals surface area contributed by atoms with E-state index in [2.05, 4.69) is 5.32 Å². The average molecular weight is 590 g/mol. The van der Waals surface area contributed by atoms with Gasteiger partial charge in [-0.1, -0.05) is 42.5 Å². The maximum atomic E-state index is 13.8. The quantitative estimate of drug-likeness (QED) is 0.310. The molecule has 0 bridgehead atoms. The number of amides is 2. The fourth-order valence-electron chi connectivity index (χ4n) is 4.37. The van der Waals surface area contributed by atoms with Gasteiger partial charge in [0.05, 0.1) is 11.9 Å². The summed E-state index contributed by atoms with van der Waals surface area (Å²) >= 11 is 0. The second-order valence-electron chi connectivity index (χ2n) is 10.1. The van der Waals surface area contributed by atoms with Crippen LogP contribution in [-0.2, 0) is 32.6 Å². The first-order valence-corrected chi connectivity index (χ1v) is 15.0. The van der Waals surface area contributed by atoms with Crippen molar-refractivity contribution in [3.63, 3.8) is 0 Å². The zero-order valence-corrected chi connectivity index (χ0v) is 24.0. The Labute approximate surface area is 239 Å². The molecule has 0 saturated heterocycles. The lowest BCUT2D eigenvalue weighted by atomic mass is 10.0. The van der Waals surface area contributed by atoms with E-state index < -0.39 is 39.4 Å². The molecule has 0 heterocycles. The lowest BCUT2D eigenvalue weighted by Crippen LogP contribution is -2.51. The van der Waals surface area contributed by atoms with Gasteiger partial charge >= 0.3 is 0 Å². The molecule has 0 aliphatic heterocycles. The molecule has 0 saturated carbocycles. The maximum Gasteiger partial charge on any atom is 0.243 e. The zero-order valence-electron chi connectivity index (χ0n) is 23.2. The lowest BCUT2D eigenvalue weighted by Gasteiger charge is -2.32. The van der Waals surface area contributed by atoms with Crippen LogP contribution in [0.2, 0.25) is 0 Å². The van der Waals surface area contributed by atoms with Crippen LogP contribution in [0, 0.1) is 17.5 Å². The molecule has 0 spiro atoms. The van der Waals surface area contributed by atoms with Crippen LogP contribution in [0.25, 0.3) is 0 Å². The number of nitrogens with one attached hydrogen (secondary N) is 1. The molecule has 3 aromatic carbocycles. The van der Waals surface area contributed by atoms with Crippen LogP contribution in [0.3, 0.4) is 0 Å². The molecule has 41 heavy (non-hydrogen) atoms. The number of carbonyl (C=O) groups excluding carboxylic acids is 2. The fraction of sp³-hybridized carbons (Fsp3) is 0.333. The lowest BCUT2D eigenvalue weighted by molar-refractivity contribution is -0.141. The molecule has 7 nitrogen and oxygen atoms in total. The number of benzene rings is 3. The molecule has 11 heteroatoms. The van der Waals surface area contributed by atoms with Crippen LogP contribution in [-0.4, -0.2) is 50.0 Å². The van der Waals surface area contributed by atoms with Gasteiger partial charge in [-0.2, -0.15) is 0 Å². The second kappa shape index (κ2) is 14.2. The Kier molecular flexibility index (Phi) is 10.9. The SMILES string of the molecule is CC(C)NC(=O)C(Cc1ccccc1)N(Cc1ccc(F)cc1)C(=O)CCCN(c1ccc(F)c(F)c1)S(C)(=O)=O. The van der Waals surface area contributed by atoms with Crippen molar-refractivity contribution in [2.45, 2.75) is 51.7 Å². The molecule has 0 aliphatic rings. The molecule has 0 aliphatic carbocycles. The van der Waals surface area contributed by atoms with E-state index in [9.17, 15) is 31.2 Å². The number of rotatable bonds is 13. The highest BCUT2D eigenvalue weighted by molar-refractivity contribution is 7.92. The minimum Gasteiger partial charge on any atom is -0.352 e. The Morgan fingerprint density at radius 1 is 0.878 bits per heavy atom. The van der Waals surface area contributed by atoms with Crippen molar-refractivity contribution >= 4 is 27.5 Å². The van der Waals surface area contributed by atoms with E-state index in [0.717, 1.165) is 34.3 Å². The highest BCUT2D eigenvalue weighted by atomic mass is 32.2. The third kappa shape index (κ3) is 9.34. The van der Waals surface area contributed by atoms with Crippen molar-refractivity contribution in [1.82, 2.24) is 10.2 Å². The van der Waals surface area contributed by atoms with Crippen LogP contribution >= 0.6 is 0 Å². The van der Waals surface area contributed by atoms with E-state index in [-0.39, 0.29) is 50.0 Å². The van der Waals surface area contributed by atoms with Gasteiger partial charge in [-0.05, 0) is 55.7 Å². The number of sulfonamides is 1. The predicted molar refractivity (Wildman–Crippen MR) is 152 cm³/mol. The Morgan fingerprint density at radius 3 is 2.12 bits per heavy atom. The first-order chi connectivity index (χ1) is 19.3. The number of nitrogens with zero attached hydrogens (tertiary/aromatic N) is 2. The first kappa shape index (κ1) is 31.7. The number of hydrogen-bond donors (Lipinski definition) is 1. The summed E-state index contributed by atoms with van der Waals surface area (Å²) in [5, 5.41) is 2.87. The van der Waals surface area contributed by atoms with Crippen LogP contribution in [0.5, 0.6) is 0 Å². The predicted octanol–water partition coefficient (Wildman–Crippen LogP) is 4.81. The van der Waals surface area contributed by atoms with Crippen molar-refractivity contribution in [1.29, 1.82) is 0 Å². The van der Waals surface area contributed by atoms with Crippen LogP contribution in [0.4, 0.5) is 18.9 Å². The van der Waals surface area contributed by atoms with Gasteiger partial charge in [0, 0.05) is 38.0 Å². The van der Waals surface area contributed by atoms with Crippen molar-refractivity contribution in [2.24, 2.45) is 0 Å². The summed E-state index contributed by atoms with van der Waals surface area (Å²) in [5.74, 6) is -3.54. The molecule has 3 rings (SSSR count). The van der Waals surface area contributed by atoms with Gasteiger partial charge < -0.3 is 10.2 Å². The molecule has 2 amide bonds. The maximum absolute atomic E-state index is 13.8. The van der Waals surface area contributed by atoms with Crippen molar-refractivity contribution in [3.05, 3.63) is 101 Å². The molecule has 0 fully saturated rings. The Morgan fingerprint density at radius 2 is 1.54 bits per heavy atom. The topological polar surface area (TPSA) is 86.8 Å². The molecule has 1 unspecified atom stereocenters. The van der Waals surface area contributed by atoms with E-state index in [1.54, 1.807) is 0 Å². The summed E-state index contributed by atoms with van der Waals surface area (Å²) in [6.45, 7) is 3.45. The number of carbonyl (C=O) groups is 2. The van der Waals surface area contributed by atoms with Crippen LogP contribution in [0.1, 0.15) is 37.8 Å². The van der Waals surface area contributed by atoms with E-state index >= 15 is 0 Å². The minimum absolute atomic E-state index is 0.0150. The largest absolute Gasteiger partial charge is 0.352 e. The molecule has 1 N–H and O–H groups in total. The van der Waals surface area contributed by atoms with E-state index in [1.165, 1.54) is 29.2 Å². The normalized spacial score (nSPS) is 12.2. The summed E-state index contributed by atoms with van der Waals surface area (Å²) in [4.78, 5) is 28.5. The van der Waals surface area contributed by atoms with Crippen LogP contribution in [0.15, 0.2) is 72.8 Å². The monoisotopic (exact) mass is 589 g/mol. The molecule has 0 radical (unpaired) electrons. The molecule has 3 aromatic rings. The van der Waals surface area contributed by atoms with Gasteiger partial charge in [-0.15, -0.1) is 0 Å². The molecular formula is C30H34F3N3O4S. The highest BCUT2D eigenvalue weighted by Gasteiger charge is 2.31. The Balaban J connectivity index is 1.88. The van der Waals surface area contributed by atoms with E-state index in [1.807, 2.05) is 44.2 Å². The number of anilines is 1. The van der Waals surface area contributed by atoms with E-state index in [0.29, 0.717) is 5.56 Å². The van der Waals surface area contributed by atoms with Gasteiger partial charge in [0.2, 0.25) is 21.8 Å². The third-order valence-electron chi connectivity index (χ3n) is 6.31. The van der Waals surface area contributed by atoms with Crippen molar-refractivity contribution < 1.29 is 31.2 Å². The number of halogens is 3. The third-order valence-corrected chi connectivity index (χ3v) is 7.51. The van der Waals surface area contributed by atoms with Gasteiger partial charge in [0.1, 0.15) is 11.9 Å². The van der Waals surface area contributed by atoms with Crippen LogP contribution < -0.4 is 9.62 Å². The van der Waals surface area contributed by atoms with Gasteiger partial charge in [-0.3, -0.25) is 13.9 Å². The summed E-state index contributed by atoms with van der Waals surface area (Å²) in [6, 6.07) is 16.5. The summed E-state index contributed by atoms with van der Waals surface area (Å²) < 4.78 is 66.6. The average Bonchev–Trinajstić information content (AvgIpc) is 2.90. The highest BCUT2D eigenvalue weighted by Crippen LogP contribution is 2.22. The minimum atomic E-state index is -3.88. The standard InChI is InChI=1S/C30H34F3N3O4S/c1-21(2)34-30(38)28(18-22-8-5-4-6-9-22)35(20-23-11-13-24(31)14-12-23)29(37)10-7-17-36(41(3,39)40)25-15-16-26(32)27(33)19-25/h4-6,8-9,11-16,19,21,28H,7,10,17-18,20H2,1-3H3,(H,34,38). The first-order valence-electron chi connectivity index (χ1n) is 13.2. The molecule has 220 valence electrons. The van der Waals surface area contributed by atoms with Gasteiger partial charge in [-0.25, -0.2) is 21.6 Å². The Bertz CT molecular complexity index is 1440. The van der Waals surface area contributed by atoms with Gasteiger partial charge in [0.15, 0.2) is 11.6 Å². The molecule has 1 atom stereocenters. The van der Waals surface area contributed by atoms with Crippen molar-refractivity contribution in [3.8, 4) is 0 Å². The summed E-state index contributed by atoms with van der Waals surface area (Å²) in [5.41, 5.74) is 1.37.